The van der Waals surface area contributed by atoms with Crippen molar-refractivity contribution >= 4 is 17.0 Å². The minimum atomic E-state index is -0.303. The molecule has 1 heterocycles. The van der Waals surface area contributed by atoms with Gasteiger partial charge in [-0.1, -0.05) is 36.4 Å². The summed E-state index contributed by atoms with van der Waals surface area (Å²) < 4.78 is 26.6. The number of imidazole rings is 1. The summed E-state index contributed by atoms with van der Waals surface area (Å²) in [6, 6.07) is 22.1. The van der Waals surface area contributed by atoms with Crippen LogP contribution in [0.3, 0.4) is 0 Å². The maximum atomic E-state index is 14.0. The molecule has 0 atom stereocenters. The Morgan fingerprint density at radius 2 is 1.81 bits per heavy atom. The summed E-state index contributed by atoms with van der Waals surface area (Å²) in [5.74, 6) is 0.979. The lowest BCUT2D eigenvalue weighted by atomic mass is 10.2. The van der Waals surface area contributed by atoms with Gasteiger partial charge in [0.2, 0.25) is 0 Å². The molecule has 0 fully saturated rings. The van der Waals surface area contributed by atoms with Crippen LogP contribution >= 0.6 is 0 Å². The first-order valence-electron chi connectivity index (χ1n) is 10.7. The predicted molar refractivity (Wildman–Crippen MR) is 122 cm³/mol. The normalized spacial score (nSPS) is 10.9. The smallest absolute Gasteiger partial charge is 0.305 e. The fraction of sp³-hybridized carbons (Fsp3) is 0.231. The summed E-state index contributed by atoms with van der Waals surface area (Å²) in [4.78, 5) is 16.0. The van der Waals surface area contributed by atoms with Crippen molar-refractivity contribution in [3.05, 3.63) is 78.6 Å². The van der Waals surface area contributed by atoms with E-state index in [1.165, 1.54) is 19.2 Å². The fourth-order valence-electron chi connectivity index (χ4n) is 3.64. The molecule has 0 aliphatic carbocycles. The standard InChI is InChI=1S/C26H25FN2O3/c1-31-25(30)13-6-3-7-16-32-22-14-15-23-24(18-22)29(21-12-8-11-20(27)17-21)26(28-23)19-9-4-2-5-10-19/h2,4-5,8-12,14-15,17-18H,3,6-7,13,16H2,1H3. The van der Waals surface area contributed by atoms with Gasteiger partial charge < -0.3 is 9.47 Å². The van der Waals surface area contributed by atoms with Crippen molar-refractivity contribution in [1.82, 2.24) is 9.55 Å². The maximum Gasteiger partial charge on any atom is 0.305 e. The zero-order chi connectivity index (χ0) is 22.3. The lowest BCUT2D eigenvalue weighted by Gasteiger charge is -2.11. The molecule has 164 valence electrons. The molecule has 6 heteroatoms. The van der Waals surface area contributed by atoms with E-state index >= 15 is 0 Å². The van der Waals surface area contributed by atoms with Gasteiger partial charge in [-0.05, 0) is 49.6 Å². The van der Waals surface area contributed by atoms with Crippen molar-refractivity contribution in [3.63, 3.8) is 0 Å². The Morgan fingerprint density at radius 3 is 2.59 bits per heavy atom. The van der Waals surface area contributed by atoms with Gasteiger partial charge in [-0.2, -0.15) is 0 Å². The monoisotopic (exact) mass is 432 g/mol. The van der Waals surface area contributed by atoms with E-state index in [9.17, 15) is 9.18 Å². The Bertz CT molecular complexity index is 1200. The molecule has 0 aliphatic rings. The van der Waals surface area contributed by atoms with E-state index in [1.807, 2.05) is 59.2 Å². The van der Waals surface area contributed by atoms with Crippen LogP contribution in [0, 0.1) is 5.82 Å². The molecular weight excluding hydrogens is 407 g/mol. The van der Waals surface area contributed by atoms with Gasteiger partial charge in [0.05, 0.1) is 30.4 Å². The lowest BCUT2D eigenvalue weighted by molar-refractivity contribution is -0.140. The number of carbonyl (C=O) groups excluding carboxylic acids is 1. The van der Waals surface area contributed by atoms with Crippen LogP contribution in [0.25, 0.3) is 28.1 Å². The van der Waals surface area contributed by atoms with Crippen LogP contribution in [0.2, 0.25) is 0 Å². The third kappa shape index (κ3) is 4.97. The second kappa shape index (κ2) is 10.1. The van der Waals surface area contributed by atoms with Crippen molar-refractivity contribution in [1.29, 1.82) is 0 Å². The molecule has 0 saturated carbocycles. The highest BCUT2D eigenvalue weighted by Gasteiger charge is 2.15. The molecule has 0 N–H and O–H groups in total. The average molecular weight is 432 g/mol. The van der Waals surface area contributed by atoms with Gasteiger partial charge in [0.15, 0.2) is 0 Å². The summed E-state index contributed by atoms with van der Waals surface area (Å²) in [5, 5.41) is 0. The van der Waals surface area contributed by atoms with Crippen LogP contribution in [-0.2, 0) is 9.53 Å². The molecule has 0 saturated heterocycles. The van der Waals surface area contributed by atoms with Gasteiger partial charge in [-0.25, -0.2) is 9.37 Å². The molecule has 0 aliphatic heterocycles. The molecule has 0 spiro atoms. The summed E-state index contributed by atoms with van der Waals surface area (Å²) in [6.45, 7) is 0.548. The molecule has 4 rings (SSSR count). The van der Waals surface area contributed by atoms with Gasteiger partial charge in [0.1, 0.15) is 17.4 Å². The number of fused-ring (bicyclic) bond motifs is 1. The molecule has 3 aromatic carbocycles. The number of methoxy groups -OCH3 is 1. The van der Waals surface area contributed by atoms with Crippen LogP contribution in [-0.4, -0.2) is 29.2 Å². The van der Waals surface area contributed by atoms with Gasteiger partial charge in [0, 0.05) is 18.1 Å². The van der Waals surface area contributed by atoms with Gasteiger partial charge >= 0.3 is 5.97 Å². The SMILES string of the molecule is COC(=O)CCCCCOc1ccc2nc(-c3ccccc3)n(-c3cccc(F)c3)c2c1. The van der Waals surface area contributed by atoms with E-state index in [1.54, 1.807) is 6.07 Å². The van der Waals surface area contributed by atoms with Crippen LogP contribution in [0.1, 0.15) is 25.7 Å². The number of ether oxygens (including phenoxy) is 2. The Labute approximate surface area is 186 Å². The number of hydrogen-bond donors (Lipinski definition) is 0. The summed E-state index contributed by atoms with van der Waals surface area (Å²) >= 11 is 0. The zero-order valence-corrected chi connectivity index (χ0v) is 18.0. The Hall–Kier alpha value is -3.67. The summed E-state index contributed by atoms with van der Waals surface area (Å²) in [5.41, 5.74) is 3.29. The number of nitrogens with zero attached hydrogens (tertiary/aromatic N) is 2. The van der Waals surface area contributed by atoms with E-state index in [0.717, 1.165) is 47.4 Å². The second-order valence-corrected chi connectivity index (χ2v) is 7.50. The van der Waals surface area contributed by atoms with E-state index in [2.05, 4.69) is 4.74 Å². The van der Waals surface area contributed by atoms with Gasteiger partial charge in [-0.15, -0.1) is 0 Å². The number of carbonyl (C=O) groups is 1. The molecule has 0 unspecified atom stereocenters. The molecule has 5 nitrogen and oxygen atoms in total. The van der Waals surface area contributed by atoms with E-state index in [0.29, 0.717) is 18.7 Å². The molecular formula is C26H25FN2O3. The van der Waals surface area contributed by atoms with Gasteiger partial charge in [0.25, 0.3) is 0 Å². The Balaban J connectivity index is 1.59. The third-order valence-electron chi connectivity index (χ3n) is 5.25. The zero-order valence-electron chi connectivity index (χ0n) is 18.0. The van der Waals surface area contributed by atoms with Crippen molar-refractivity contribution in [2.24, 2.45) is 0 Å². The number of rotatable bonds is 9. The maximum absolute atomic E-state index is 14.0. The molecule has 32 heavy (non-hydrogen) atoms. The quantitative estimate of drug-likeness (QED) is 0.242. The highest BCUT2D eigenvalue weighted by molar-refractivity contribution is 5.84. The minimum Gasteiger partial charge on any atom is -0.494 e. The molecule has 0 bridgehead atoms. The van der Waals surface area contributed by atoms with Gasteiger partial charge in [-0.3, -0.25) is 9.36 Å². The highest BCUT2D eigenvalue weighted by atomic mass is 19.1. The van der Waals surface area contributed by atoms with Crippen molar-refractivity contribution < 1.29 is 18.7 Å². The number of aromatic nitrogens is 2. The topological polar surface area (TPSA) is 53.4 Å². The fourth-order valence-corrected chi connectivity index (χ4v) is 3.64. The number of unbranched alkanes of at least 4 members (excludes halogenated alkanes) is 2. The van der Waals surface area contributed by atoms with Crippen LogP contribution in [0.4, 0.5) is 4.39 Å². The van der Waals surface area contributed by atoms with E-state index in [4.69, 9.17) is 9.72 Å². The number of halogens is 1. The highest BCUT2D eigenvalue weighted by Crippen LogP contribution is 2.31. The average Bonchev–Trinajstić information content (AvgIpc) is 3.20. The number of benzene rings is 3. The van der Waals surface area contributed by atoms with E-state index < -0.39 is 0 Å². The third-order valence-corrected chi connectivity index (χ3v) is 5.25. The second-order valence-electron chi connectivity index (χ2n) is 7.50. The largest absolute Gasteiger partial charge is 0.494 e. The molecule has 0 radical (unpaired) electrons. The first-order valence-corrected chi connectivity index (χ1v) is 10.7. The Morgan fingerprint density at radius 1 is 0.969 bits per heavy atom. The summed E-state index contributed by atoms with van der Waals surface area (Å²) in [6.07, 6.45) is 2.93. The van der Waals surface area contributed by atoms with Crippen LogP contribution in [0.5, 0.6) is 5.75 Å². The minimum absolute atomic E-state index is 0.184. The van der Waals surface area contributed by atoms with E-state index in [-0.39, 0.29) is 11.8 Å². The van der Waals surface area contributed by atoms with Crippen LogP contribution in [0.15, 0.2) is 72.8 Å². The van der Waals surface area contributed by atoms with Crippen molar-refractivity contribution in [2.75, 3.05) is 13.7 Å². The first kappa shape index (κ1) is 21.6. The summed E-state index contributed by atoms with van der Waals surface area (Å²) in [7, 11) is 1.40. The number of hydrogen-bond acceptors (Lipinski definition) is 4. The van der Waals surface area contributed by atoms with Crippen molar-refractivity contribution in [2.45, 2.75) is 25.7 Å². The number of esters is 1. The predicted octanol–water partition coefficient (Wildman–Crippen LogP) is 5.94. The molecule has 1 aromatic heterocycles. The first-order chi connectivity index (χ1) is 15.7. The van der Waals surface area contributed by atoms with Crippen LogP contribution < -0.4 is 4.74 Å². The molecule has 0 amide bonds. The lowest BCUT2D eigenvalue weighted by Crippen LogP contribution is -2.01. The molecule has 4 aromatic rings. The van der Waals surface area contributed by atoms with Crippen molar-refractivity contribution in [3.8, 4) is 22.8 Å². The Kier molecular flexibility index (Phi) is 6.80.